The van der Waals surface area contributed by atoms with E-state index in [4.69, 9.17) is 5.73 Å². The third-order valence-electron chi connectivity index (χ3n) is 4.65. The van der Waals surface area contributed by atoms with Gasteiger partial charge in [0.15, 0.2) is 0 Å². The third kappa shape index (κ3) is 3.30. The lowest BCUT2D eigenvalue weighted by molar-refractivity contribution is -0.122. The normalized spacial score (nSPS) is 19.1. The van der Waals surface area contributed by atoms with Gasteiger partial charge in [0.2, 0.25) is 5.91 Å². The number of amides is 2. The first-order valence-corrected chi connectivity index (χ1v) is 7.83. The second kappa shape index (κ2) is 6.48. The van der Waals surface area contributed by atoms with Gasteiger partial charge in [0.1, 0.15) is 0 Å². The van der Waals surface area contributed by atoms with Crippen molar-refractivity contribution in [1.29, 1.82) is 0 Å². The number of nitrogens with zero attached hydrogens (tertiary/aromatic N) is 1. The van der Waals surface area contributed by atoms with Gasteiger partial charge in [-0.3, -0.25) is 14.5 Å². The first-order valence-electron chi connectivity index (χ1n) is 7.83. The van der Waals surface area contributed by atoms with Gasteiger partial charge in [0, 0.05) is 5.54 Å². The second-order valence-electron chi connectivity index (χ2n) is 6.42. The van der Waals surface area contributed by atoms with E-state index in [0.717, 1.165) is 25.8 Å². The summed E-state index contributed by atoms with van der Waals surface area (Å²) in [6, 6.07) is 6.70. The third-order valence-corrected chi connectivity index (χ3v) is 4.65. The minimum Gasteiger partial charge on any atom is -0.366 e. The van der Waals surface area contributed by atoms with Crippen molar-refractivity contribution < 1.29 is 9.59 Å². The lowest BCUT2D eigenvalue weighted by Gasteiger charge is -2.38. The van der Waals surface area contributed by atoms with Gasteiger partial charge in [0.05, 0.1) is 17.3 Å². The van der Waals surface area contributed by atoms with Crippen LogP contribution in [0.4, 0.5) is 5.69 Å². The summed E-state index contributed by atoms with van der Waals surface area (Å²) in [5.41, 5.74) is 6.18. The van der Waals surface area contributed by atoms with E-state index < -0.39 is 5.91 Å². The summed E-state index contributed by atoms with van der Waals surface area (Å²) in [6.07, 6.45) is 2.83. The molecular weight excluding hydrogens is 278 g/mol. The maximum absolute atomic E-state index is 12.7. The number of carbonyl (C=O) groups is 2. The van der Waals surface area contributed by atoms with E-state index in [-0.39, 0.29) is 17.5 Å². The summed E-state index contributed by atoms with van der Waals surface area (Å²) in [7, 11) is 0. The zero-order valence-electron chi connectivity index (χ0n) is 13.6. The van der Waals surface area contributed by atoms with Crippen LogP contribution in [0.1, 0.15) is 50.4 Å². The lowest BCUT2D eigenvalue weighted by atomic mass is 9.98. The molecule has 0 saturated carbocycles. The highest BCUT2D eigenvalue weighted by Gasteiger charge is 2.38. The molecule has 5 nitrogen and oxygen atoms in total. The van der Waals surface area contributed by atoms with E-state index in [1.807, 2.05) is 0 Å². The zero-order valence-corrected chi connectivity index (χ0v) is 13.6. The van der Waals surface area contributed by atoms with Crippen molar-refractivity contribution in [2.45, 2.75) is 51.6 Å². The molecule has 2 rings (SSSR count). The van der Waals surface area contributed by atoms with Crippen molar-refractivity contribution in [1.82, 2.24) is 4.90 Å². The molecule has 1 heterocycles. The quantitative estimate of drug-likeness (QED) is 0.877. The maximum Gasteiger partial charge on any atom is 0.250 e. The molecule has 120 valence electrons. The Kier molecular flexibility index (Phi) is 4.86. The summed E-state index contributed by atoms with van der Waals surface area (Å²) in [5, 5.41) is 2.88. The Morgan fingerprint density at radius 2 is 2.05 bits per heavy atom. The molecular formula is C17H25N3O2. The number of nitrogens with two attached hydrogens (primary N) is 1. The van der Waals surface area contributed by atoms with Crippen molar-refractivity contribution in [2.24, 2.45) is 5.73 Å². The summed E-state index contributed by atoms with van der Waals surface area (Å²) in [6.45, 7) is 7.39. The fraction of sp³-hybridized carbons (Fsp3) is 0.529. The highest BCUT2D eigenvalue weighted by molar-refractivity contribution is 6.04. The Balaban J connectivity index is 2.17. The molecule has 1 saturated heterocycles. The molecule has 0 aliphatic carbocycles. The van der Waals surface area contributed by atoms with Crippen molar-refractivity contribution in [2.75, 3.05) is 11.9 Å². The first kappa shape index (κ1) is 16.5. The standard InChI is InChI=1S/C17H25N3O2/c1-4-17(2,3)20-11-7-10-14(20)16(22)19-13-9-6-5-8-12(13)15(18)21/h5-6,8-9,14H,4,7,10-11H2,1-3H3,(H2,18,21)(H,19,22). The molecule has 0 aromatic heterocycles. The number of primary amides is 1. The van der Waals surface area contributed by atoms with Crippen LogP contribution in [0.15, 0.2) is 24.3 Å². The fourth-order valence-corrected chi connectivity index (χ4v) is 2.99. The maximum atomic E-state index is 12.7. The summed E-state index contributed by atoms with van der Waals surface area (Å²) in [4.78, 5) is 26.4. The van der Waals surface area contributed by atoms with E-state index >= 15 is 0 Å². The van der Waals surface area contributed by atoms with Gasteiger partial charge < -0.3 is 11.1 Å². The van der Waals surface area contributed by atoms with E-state index in [9.17, 15) is 9.59 Å². The molecule has 3 N–H and O–H groups in total. The van der Waals surface area contributed by atoms with Crippen molar-refractivity contribution >= 4 is 17.5 Å². The number of benzene rings is 1. The highest BCUT2D eigenvalue weighted by Crippen LogP contribution is 2.30. The van der Waals surface area contributed by atoms with Crippen LogP contribution in [-0.2, 0) is 4.79 Å². The molecule has 1 aliphatic heterocycles. The number of rotatable bonds is 5. The average Bonchev–Trinajstić information content (AvgIpc) is 2.98. The molecule has 0 spiro atoms. The van der Waals surface area contributed by atoms with E-state index in [1.54, 1.807) is 24.3 Å². The molecule has 0 bridgehead atoms. The molecule has 22 heavy (non-hydrogen) atoms. The first-order chi connectivity index (χ1) is 10.4. The molecule has 5 heteroatoms. The smallest absolute Gasteiger partial charge is 0.250 e. The number of carbonyl (C=O) groups excluding carboxylic acids is 2. The molecule has 1 aromatic carbocycles. The van der Waals surface area contributed by atoms with Crippen LogP contribution in [0.5, 0.6) is 0 Å². The predicted octanol–water partition coefficient (Wildman–Crippen LogP) is 2.38. The minimum absolute atomic E-state index is 0.0122. The number of hydrogen-bond donors (Lipinski definition) is 2. The van der Waals surface area contributed by atoms with E-state index in [0.29, 0.717) is 11.3 Å². The van der Waals surface area contributed by atoms with Gasteiger partial charge in [-0.2, -0.15) is 0 Å². The Morgan fingerprint density at radius 3 is 2.68 bits per heavy atom. The van der Waals surface area contributed by atoms with Gasteiger partial charge in [-0.05, 0) is 51.8 Å². The van der Waals surface area contributed by atoms with Gasteiger partial charge in [-0.25, -0.2) is 0 Å². The number of nitrogens with one attached hydrogen (secondary N) is 1. The largest absolute Gasteiger partial charge is 0.366 e. The van der Waals surface area contributed by atoms with Gasteiger partial charge in [-0.15, -0.1) is 0 Å². The monoisotopic (exact) mass is 303 g/mol. The van der Waals surface area contributed by atoms with Gasteiger partial charge >= 0.3 is 0 Å². The molecule has 1 aliphatic rings. The van der Waals surface area contributed by atoms with E-state index in [1.165, 1.54) is 0 Å². The Bertz CT molecular complexity index is 569. The average molecular weight is 303 g/mol. The van der Waals surface area contributed by atoms with Crippen molar-refractivity contribution in [3.05, 3.63) is 29.8 Å². The fourth-order valence-electron chi connectivity index (χ4n) is 2.99. The molecule has 1 fully saturated rings. The SMILES string of the molecule is CCC(C)(C)N1CCCC1C(=O)Nc1ccccc1C(N)=O. The molecule has 1 aromatic rings. The number of para-hydroxylation sites is 1. The number of hydrogen-bond acceptors (Lipinski definition) is 3. The van der Waals surface area contributed by atoms with Gasteiger partial charge in [-0.1, -0.05) is 19.1 Å². The van der Waals surface area contributed by atoms with Crippen LogP contribution >= 0.6 is 0 Å². The second-order valence-corrected chi connectivity index (χ2v) is 6.42. The summed E-state index contributed by atoms with van der Waals surface area (Å²) >= 11 is 0. The lowest BCUT2D eigenvalue weighted by Crippen LogP contribution is -2.50. The Labute approximate surface area is 131 Å². The van der Waals surface area contributed by atoms with E-state index in [2.05, 4.69) is 31.0 Å². The number of anilines is 1. The molecule has 1 atom stereocenters. The molecule has 2 amide bonds. The van der Waals surface area contributed by atoms with Crippen molar-refractivity contribution in [3.63, 3.8) is 0 Å². The van der Waals surface area contributed by atoms with Crippen LogP contribution in [0, 0.1) is 0 Å². The van der Waals surface area contributed by atoms with Crippen LogP contribution in [0.2, 0.25) is 0 Å². The van der Waals surface area contributed by atoms with Crippen LogP contribution < -0.4 is 11.1 Å². The summed E-state index contributed by atoms with van der Waals surface area (Å²) < 4.78 is 0. The van der Waals surface area contributed by atoms with Gasteiger partial charge in [0.25, 0.3) is 5.91 Å². The zero-order chi connectivity index (χ0) is 16.3. The molecule has 0 radical (unpaired) electrons. The predicted molar refractivity (Wildman–Crippen MR) is 87.7 cm³/mol. The minimum atomic E-state index is -0.534. The topological polar surface area (TPSA) is 75.4 Å². The van der Waals surface area contributed by atoms with Crippen LogP contribution in [0.25, 0.3) is 0 Å². The Hall–Kier alpha value is -1.88. The summed E-state index contributed by atoms with van der Waals surface area (Å²) in [5.74, 6) is -0.596. The Morgan fingerprint density at radius 1 is 1.36 bits per heavy atom. The highest BCUT2D eigenvalue weighted by atomic mass is 16.2. The van der Waals surface area contributed by atoms with Crippen molar-refractivity contribution in [3.8, 4) is 0 Å². The molecule has 1 unspecified atom stereocenters. The number of likely N-dealkylation sites (tertiary alicyclic amines) is 1. The van der Waals surface area contributed by atoms with Crippen LogP contribution in [0.3, 0.4) is 0 Å². The van der Waals surface area contributed by atoms with Crippen LogP contribution in [-0.4, -0.2) is 34.8 Å².